The molecule has 2 aliphatic rings. The number of nitrogens with zero attached hydrogens (tertiary/aromatic N) is 2. The number of carbonyl (C=O) groups excluding carboxylic acids is 1. The third kappa shape index (κ3) is 5.17. The van der Waals surface area contributed by atoms with E-state index in [-0.39, 0.29) is 18.1 Å². The number of carbonyl (C=O) groups is 1. The molecule has 168 valence electrons. The predicted molar refractivity (Wildman–Crippen MR) is 124 cm³/mol. The topological polar surface area (TPSA) is 104 Å². The lowest BCUT2D eigenvalue weighted by Gasteiger charge is -2.38. The molecule has 1 aliphatic carbocycles. The monoisotopic (exact) mass is 425 g/mol. The van der Waals surface area contributed by atoms with Crippen LogP contribution in [0.3, 0.4) is 0 Å². The Hall–Kier alpha value is -2.22. The number of pyridine rings is 1. The van der Waals surface area contributed by atoms with Crippen LogP contribution in [0.5, 0.6) is 0 Å². The van der Waals surface area contributed by atoms with Gasteiger partial charge in [0.2, 0.25) is 0 Å². The van der Waals surface area contributed by atoms with Gasteiger partial charge in [0.25, 0.3) is 5.91 Å². The van der Waals surface area contributed by atoms with Gasteiger partial charge in [0.15, 0.2) is 0 Å². The highest BCUT2D eigenvalue weighted by atomic mass is 16.3. The molecular formula is C24H35N5O2. The number of nitrogens with two attached hydrogens (primary N) is 1. The van der Waals surface area contributed by atoms with E-state index in [0.29, 0.717) is 11.6 Å². The van der Waals surface area contributed by atoms with Gasteiger partial charge < -0.3 is 26.4 Å². The lowest BCUT2D eigenvalue weighted by atomic mass is 9.91. The number of aryl methyl sites for hydroxylation is 1. The molecule has 4 rings (SSSR count). The van der Waals surface area contributed by atoms with Crippen LogP contribution in [0.4, 0.5) is 5.82 Å². The average Bonchev–Trinajstić information content (AvgIpc) is 2.74. The fraction of sp³-hybridized carbons (Fsp3) is 0.583. The van der Waals surface area contributed by atoms with Crippen LogP contribution >= 0.6 is 0 Å². The van der Waals surface area contributed by atoms with Crippen LogP contribution in [0.1, 0.15) is 61.4 Å². The number of fused-ring (bicyclic) bond motifs is 1. The lowest BCUT2D eigenvalue weighted by molar-refractivity contribution is 0.0827. The molecule has 7 heteroatoms. The Morgan fingerprint density at radius 1 is 1.19 bits per heavy atom. The number of hydrogen-bond donors (Lipinski definition) is 4. The van der Waals surface area contributed by atoms with E-state index in [1.165, 1.54) is 6.42 Å². The second-order valence-corrected chi connectivity index (χ2v) is 9.20. The first kappa shape index (κ1) is 22.0. The maximum Gasteiger partial charge on any atom is 0.256 e. The van der Waals surface area contributed by atoms with E-state index >= 15 is 0 Å². The number of aromatic nitrogens is 1. The van der Waals surface area contributed by atoms with Crippen molar-refractivity contribution >= 4 is 22.6 Å². The maximum atomic E-state index is 12.9. The van der Waals surface area contributed by atoms with Crippen LogP contribution in [-0.2, 0) is 0 Å². The molecule has 0 spiro atoms. The van der Waals surface area contributed by atoms with Gasteiger partial charge in [0, 0.05) is 30.6 Å². The van der Waals surface area contributed by atoms with Gasteiger partial charge in [-0.25, -0.2) is 4.98 Å². The van der Waals surface area contributed by atoms with Crippen molar-refractivity contribution in [1.29, 1.82) is 0 Å². The van der Waals surface area contributed by atoms with E-state index in [1.807, 2.05) is 25.1 Å². The summed E-state index contributed by atoms with van der Waals surface area (Å²) in [7, 11) is 0. The molecule has 2 aromatic rings. The van der Waals surface area contributed by atoms with E-state index in [4.69, 9.17) is 10.7 Å². The Bertz CT molecular complexity index is 924. The molecule has 3 unspecified atom stereocenters. The van der Waals surface area contributed by atoms with E-state index in [1.54, 1.807) is 6.92 Å². The Morgan fingerprint density at radius 2 is 1.94 bits per heavy atom. The highest BCUT2D eigenvalue weighted by Crippen LogP contribution is 2.28. The number of aliphatic hydroxyl groups is 1. The van der Waals surface area contributed by atoms with Gasteiger partial charge in [-0.15, -0.1) is 0 Å². The predicted octanol–water partition coefficient (Wildman–Crippen LogP) is 2.44. The summed E-state index contributed by atoms with van der Waals surface area (Å²) >= 11 is 0. The summed E-state index contributed by atoms with van der Waals surface area (Å²) < 4.78 is 0. The molecule has 3 atom stereocenters. The number of piperidine rings is 1. The second kappa shape index (κ2) is 9.51. The normalized spacial score (nSPS) is 23.7. The summed E-state index contributed by atoms with van der Waals surface area (Å²) in [5.74, 6) is 0.539. The molecular weight excluding hydrogens is 390 g/mol. The molecule has 7 nitrogen and oxygen atoms in total. The standard InChI is InChI=1S/C24H35N5O2/c1-15-7-8-20-17(13-15)14-19(24(31)26-16(2)25)23(28-20)29-11-9-18(10-12-29)27-21-5-3-4-6-22(21)30/h7-8,13-14,16,18,21-22,27,30H,3-6,9-12,25H2,1-2H3,(H,26,31). The van der Waals surface area contributed by atoms with E-state index in [0.717, 1.165) is 67.5 Å². The molecule has 1 amide bonds. The van der Waals surface area contributed by atoms with Crippen molar-refractivity contribution < 1.29 is 9.90 Å². The zero-order chi connectivity index (χ0) is 22.0. The molecule has 2 fully saturated rings. The number of aliphatic hydroxyl groups excluding tert-OH is 1. The van der Waals surface area contributed by atoms with Crippen molar-refractivity contribution in [3.05, 3.63) is 35.4 Å². The lowest BCUT2D eigenvalue weighted by Crippen LogP contribution is -2.51. The summed E-state index contributed by atoms with van der Waals surface area (Å²) in [6.45, 7) is 5.44. The van der Waals surface area contributed by atoms with Gasteiger partial charge >= 0.3 is 0 Å². The second-order valence-electron chi connectivity index (χ2n) is 9.20. The van der Waals surface area contributed by atoms with Crippen molar-refractivity contribution in [2.75, 3.05) is 18.0 Å². The number of nitrogens with one attached hydrogen (secondary N) is 2. The van der Waals surface area contributed by atoms with Gasteiger partial charge in [0.1, 0.15) is 5.82 Å². The fourth-order valence-corrected chi connectivity index (χ4v) is 4.84. The van der Waals surface area contributed by atoms with Crippen LogP contribution in [-0.4, -0.2) is 53.4 Å². The van der Waals surface area contributed by atoms with Crippen molar-refractivity contribution in [2.45, 2.75) is 76.7 Å². The Kier molecular flexibility index (Phi) is 6.74. The minimum absolute atomic E-state index is 0.188. The molecule has 1 aromatic heterocycles. The van der Waals surface area contributed by atoms with Gasteiger partial charge in [0.05, 0.1) is 23.3 Å². The number of rotatable bonds is 5. The molecule has 2 heterocycles. The van der Waals surface area contributed by atoms with Crippen LogP contribution in [0.15, 0.2) is 24.3 Å². The highest BCUT2D eigenvalue weighted by Gasteiger charge is 2.29. The summed E-state index contributed by atoms with van der Waals surface area (Å²) in [6, 6.07) is 8.65. The smallest absolute Gasteiger partial charge is 0.256 e. The zero-order valence-electron chi connectivity index (χ0n) is 18.6. The van der Waals surface area contributed by atoms with Crippen LogP contribution in [0.2, 0.25) is 0 Å². The molecule has 1 saturated heterocycles. The third-order valence-electron chi connectivity index (χ3n) is 6.53. The van der Waals surface area contributed by atoms with Crippen LogP contribution in [0.25, 0.3) is 10.9 Å². The van der Waals surface area contributed by atoms with Crippen LogP contribution in [0, 0.1) is 6.92 Å². The summed E-state index contributed by atoms with van der Waals surface area (Å²) in [5, 5.41) is 17.7. The highest BCUT2D eigenvalue weighted by molar-refractivity contribution is 6.02. The third-order valence-corrected chi connectivity index (χ3v) is 6.53. The summed E-state index contributed by atoms with van der Waals surface area (Å²) in [5.41, 5.74) is 8.42. The van der Waals surface area contributed by atoms with Gasteiger partial charge in [-0.2, -0.15) is 0 Å². The summed E-state index contributed by atoms with van der Waals surface area (Å²) in [4.78, 5) is 20.0. The van der Waals surface area contributed by atoms with Crippen molar-refractivity contribution in [3.8, 4) is 0 Å². The number of anilines is 1. The zero-order valence-corrected chi connectivity index (χ0v) is 18.6. The minimum atomic E-state index is -0.426. The summed E-state index contributed by atoms with van der Waals surface area (Å²) in [6.07, 6.45) is 5.53. The van der Waals surface area contributed by atoms with Gasteiger partial charge in [-0.3, -0.25) is 4.79 Å². The molecule has 0 bridgehead atoms. The van der Waals surface area contributed by atoms with Crippen molar-refractivity contribution in [1.82, 2.24) is 15.6 Å². The number of amides is 1. The average molecular weight is 426 g/mol. The Balaban J connectivity index is 1.53. The quantitative estimate of drug-likeness (QED) is 0.549. The van der Waals surface area contributed by atoms with Gasteiger partial charge in [-0.1, -0.05) is 24.5 Å². The van der Waals surface area contributed by atoms with E-state index < -0.39 is 6.17 Å². The molecule has 0 radical (unpaired) electrons. The molecule has 1 aliphatic heterocycles. The molecule has 31 heavy (non-hydrogen) atoms. The molecule has 5 N–H and O–H groups in total. The first-order valence-electron chi connectivity index (χ1n) is 11.6. The molecule has 1 aromatic carbocycles. The van der Waals surface area contributed by atoms with E-state index in [9.17, 15) is 9.90 Å². The van der Waals surface area contributed by atoms with Crippen molar-refractivity contribution in [3.63, 3.8) is 0 Å². The number of hydrogen-bond acceptors (Lipinski definition) is 6. The number of benzene rings is 1. The Morgan fingerprint density at radius 3 is 2.65 bits per heavy atom. The maximum absolute atomic E-state index is 12.9. The van der Waals surface area contributed by atoms with E-state index in [2.05, 4.69) is 21.6 Å². The molecule has 1 saturated carbocycles. The van der Waals surface area contributed by atoms with Gasteiger partial charge in [-0.05, 0) is 57.7 Å². The fourth-order valence-electron chi connectivity index (χ4n) is 4.84. The largest absolute Gasteiger partial charge is 0.392 e. The first-order valence-corrected chi connectivity index (χ1v) is 11.6. The SMILES string of the molecule is Cc1ccc2nc(N3CCC(NC4CCCCC4O)CC3)c(C(=O)NC(C)N)cc2c1. The van der Waals surface area contributed by atoms with Crippen molar-refractivity contribution in [2.24, 2.45) is 5.73 Å². The first-order chi connectivity index (χ1) is 14.9. The minimum Gasteiger partial charge on any atom is -0.392 e. The van der Waals surface area contributed by atoms with Crippen LogP contribution < -0.4 is 21.3 Å². The Labute approximate surface area is 184 Å².